The molecule has 0 atom stereocenters. The highest BCUT2D eigenvalue weighted by molar-refractivity contribution is 7.25. The van der Waals surface area contributed by atoms with Crippen LogP contribution in [0.2, 0.25) is 0 Å². The Bertz CT molecular complexity index is 938. The third kappa shape index (κ3) is 1.55. The molecule has 0 amide bonds. The van der Waals surface area contributed by atoms with Gasteiger partial charge in [-0.05, 0) is 41.1 Å². The summed E-state index contributed by atoms with van der Waals surface area (Å²) in [5, 5.41) is 3.72. The second kappa shape index (κ2) is 3.75. The van der Waals surface area contributed by atoms with Crippen LogP contribution in [0.3, 0.4) is 0 Å². The smallest absolute Gasteiger partial charge is 0.159 e. The van der Waals surface area contributed by atoms with Crippen molar-refractivity contribution in [2.45, 2.75) is 0 Å². The van der Waals surface area contributed by atoms with Crippen LogP contribution < -0.4 is 0 Å². The Morgan fingerprint density at radius 3 is 2.16 bits per heavy atom. The number of fused-ring (bicyclic) bond motifs is 4. The minimum atomic E-state index is -0.800. The van der Waals surface area contributed by atoms with Crippen LogP contribution in [-0.4, -0.2) is 0 Å². The van der Waals surface area contributed by atoms with Crippen molar-refractivity contribution in [3.8, 4) is 0 Å². The molecule has 0 saturated heterocycles. The van der Waals surface area contributed by atoms with Crippen molar-refractivity contribution in [2.75, 3.05) is 0 Å². The lowest BCUT2D eigenvalue weighted by molar-refractivity contribution is 0.511. The fraction of sp³-hybridized carbons (Fsp3) is 0. The van der Waals surface area contributed by atoms with Gasteiger partial charge in [0.25, 0.3) is 0 Å². The molecule has 3 heteroatoms. The van der Waals surface area contributed by atoms with Gasteiger partial charge in [0.05, 0.1) is 0 Å². The maximum absolute atomic E-state index is 13.3. The third-order valence-corrected chi connectivity index (χ3v) is 4.51. The largest absolute Gasteiger partial charge is 0.204 e. The Kier molecular flexibility index (Phi) is 2.15. The van der Waals surface area contributed by atoms with Crippen LogP contribution in [-0.2, 0) is 0 Å². The minimum Gasteiger partial charge on any atom is -0.204 e. The number of hydrogen-bond acceptors (Lipinski definition) is 1. The molecular formula is C16H8F2S. The first-order valence-corrected chi connectivity index (χ1v) is 6.74. The Morgan fingerprint density at radius 2 is 1.37 bits per heavy atom. The quantitative estimate of drug-likeness (QED) is 0.396. The fourth-order valence-corrected chi connectivity index (χ4v) is 3.60. The first-order valence-electron chi connectivity index (χ1n) is 5.92. The van der Waals surface area contributed by atoms with E-state index in [9.17, 15) is 8.78 Å². The molecule has 19 heavy (non-hydrogen) atoms. The van der Waals surface area contributed by atoms with Gasteiger partial charge in [-0.15, -0.1) is 11.3 Å². The minimum absolute atomic E-state index is 0.731. The number of hydrogen-bond donors (Lipinski definition) is 0. The Morgan fingerprint density at radius 1 is 0.684 bits per heavy atom. The third-order valence-electron chi connectivity index (χ3n) is 3.37. The molecule has 4 rings (SSSR count). The number of thiophene rings is 1. The molecule has 0 N–H and O–H groups in total. The van der Waals surface area contributed by atoms with Crippen molar-refractivity contribution < 1.29 is 8.78 Å². The van der Waals surface area contributed by atoms with Crippen molar-refractivity contribution in [1.82, 2.24) is 0 Å². The predicted octanol–water partition coefficient (Wildman–Crippen LogP) is 5.49. The van der Waals surface area contributed by atoms with Gasteiger partial charge in [-0.25, -0.2) is 8.78 Å². The molecule has 4 aromatic rings. The summed E-state index contributed by atoms with van der Waals surface area (Å²) in [6.45, 7) is 0. The summed E-state index contributed by atoms with van der Waals surface area (Å²) in [5.74, 6) is -1.60. The molecule has 92 valence electrons. The summed E-state index contributed by atoms with van der Waals surface area (Å²) in [6.07, 6.45) is 0. The van der Waals surface area contributed by atoms with E-state index in [2.05, 4.69) is 12.1 Å². The van der Waals surface area contributed by atoms with Crippen LogP contribution in [0.25, 0.3) is 30.9 Å². The van der Waals surface area contributed by atoms with Crippen molar-refractivity contribution in [1.29, 1.82) is 0 Å². The monoisotopic (exact) mass is 270 g/mol. The Balaban J connectivity index is 2.21. The second-order valence-electron chi connectivity index (χ2n) is 4.56. The molecule has 0 aliphatic rings. The molecule has 0 spiro atoms. The van der Waals surface area contributed by atoms with Gasteiger partial charge in [0.1, 0.15) is 0 Å². The average Bonchev–Trinajstić information content (AvgIpc) is 2.75. The number of rotatable bonds is 0. The van der Waals surface area contributed by atoms with Crippen LogP contribution in [0.5, 0.6) is 0 Å². The summed E-state index contributed by atoms with van der Waals surface area (Å²) < 4.78 is 28.9. The van der Waals surface area contributed by atoms with E-state index in [1.165, 1.54) is 16.8 Å². The summed E-state index contributed by atoms with van der Waals surface area (Å²) in [6, 6.07) is 14.5. The van der Waals surface area contributed by atoms with E-state index in [0.29, 0.717) is 0 Å². The first kappa shape index (κ1) is 10.9. The van der Waals surface area contributed by atoms with E-state index in [4.69, 9.17) is 0 Å². The number of halogens is 2. The van der Waals surface area contributed by atoms with Gasteiger partial charge in [-0.1, -0.05) is 18.2 Å². The molecule has 1 heterocycles. The van der Waals surface area contributed by atoms with Crippen molar-refractivity contribution in [2.24, 2.45) is 0 Å². The molecule has 0 radical (unpaired) electrons. The average molecular weight is 270 g/mol. The highest BCUT2D eigenvalue weighted by Crippen LogP contribution is 2.36. The molecule has 0 fully saturated rings. The molecule has 0 saturated carbocycles. The van der Waals surface area contributed by atoms with Crippen LogP contribution in [0, 0.1) is 11.6 Å². The van der Waals surface area contributed by atoms with Gasteiger partial charge in [0, 0.05) is 20.2 Å². The summed E-state index contributed by atoms with van der Waals surface area (Å²) in [7, 11) is 0. The highest BCUT2D eigenvalue weighted by Gasteiger charge is 2.09. The molecule has 1 aromatic heterocycles. The van der Waals surface area contributed by atoms with Gasteiger partial charge >= 0.3 is 0 Å². The normalized spacial score (nSPS) is 11.7. The second-order valence-corrected chi connectivity index (χ2v) is 5.64. The molecular weight excluding hydrogens is 262 g/mol. The van der Waals surface area contributed by atoms with Crippen molar-refractivity contribution in [3.63, 3.8) is 0 Å². The molecule has 0 nitrogen and oxygen atoms in total. The van der Waals surface area contributed by atoms with E-state index in [1.54, 1.807) is 11.3 Å². The molecule has 0 aliphatic heterocycles. The van der Waals surface area contributed by atoms with Crippen LogP contribution in [0.1, 0.15) is 0 Å². The standard InChI is InChI=1S/C16H8F2S/c17-13-6-9-5-12-11-3-1-2-4-15(11)19-16(12)8-10(9)7-14(13)18/h1-8H. The summed E-state index contributed by atoms with van der Waals surface area (Å²) >= 11 is 1.67. The Hall–Kier alpha value is -2.00. The van der Waals surface area contributed by atoms with E-state index >= 15 is 0 Å². The maximum Gasteiger partial charge on any atom is 0.159 e. The summed E-state index contributed by atoms with van der Waals surface area (Å²) in [5.41, 5.74) is 0. The SMILES string of the molecule is Fc1cc2cc3sc4ccccc4c3cc2cc1F. The van der Waals surface area contributed by atoms with Gasteiger partial charge in [-0.3, -0.25) is 0 Å². The van der Waals surface area contributed by atoms with E-state index in [-0.39, 0.29) is 0 Å². The van der Waals surface area contributed by atoms with Crippen LogP contribution >= 0.6 is 11.3 Å². The fourth-order valence-electron chi connectivity index (χ4n) is 2.46. The first-order chi connectivity index (χ1) is 9.22. The molecule has 0 unspecified atom stereocenters. The van der Waals surface area contributed by atoms with Gasteiger partial charge < -0.3 is 0 Å². The van der Waals surface area contributed by atoms with Gasteiger partial charge in [0.15, 0.2) is 11.6 Å². The Labute approximate surface area is 111 Å². The number of benzene rings is 3. The van der Waals surface area contributed by atoms with Crippen molar-refractivity contribution >= 4 is 42.3 Å². The molecule has 0 bridgehead atoms. The van der Waals surface area contributed by atoms with Gasteiger partial charge in [0.2, 0.25) is 0 Å². The molecule has 3 aromatic carbocycles. The zero-order chi connectivity index (χ0) is 13.0. The lowest BCUT2D eigenvalue weighted by Gasteiger charge is -2.00. The molecule has 0 aliphatic carbocycles. The lowest BCUT2D eigenvalue weighted by Crippen LogP contribution is -1.83. The van der Waals surface area contributed by atoms with Crippen LogP contribution in [0.15, 0.2) is 48.5 Å². The topological polar surface area (TPSA) is 0 Å². The predicted molar refractivity (Wildman–Crippen MR) is 76.8 cm³/mol. The van der Waals surface area contributed by atoms with E-state index in [0.717, 1.165) is 26.2 Å². The maximum atomic E-state index is 13.3. The zero-order valence-corrected chi connectivity index (χ0v) is 10.6. The van der Waals surface area contributed by atoms with E-state index in [1.807, 2.05) is 24.3 Å². The van der Waals surface area contributed by atoms with Crippen LogP contribution in [0.4, 0.5) is 8.78 Å². The summed E-state index contributed by atoms with van der Waals surface area (Å²) in [4.78, 5) is 0. The van der Waals surface area contributed by atoms with Gasteiger partial charge in [-0.2, -0.15) is 0 Å². The van der Waals surface area contributed by atoms with E-state index < -0.39 is 11.6 Å². The zero-order valence-electron chi connectivity index (χ0n) is 9.78. The highest BCUT2D eigenvalue weighted by atomic mass is 32.1. The van der Waals surface area contributed by atoms with Crippen molar-refractivity contribution in [3.05, 3.63) is 60.2 Å². The lowest BCUT2D eigenvalue weighted by atomic mass is 10.1.